The topological polar surface area (TPSA) is 13.1 Å². The van der Waals surface area contributed by atoms with Crippen molar-refractivity contribution in [3.63, 3.8) is 0 Å². The van der Waals surface area contributed by atoms with Gasteiger partial charge in [-0.3, -0.25) is 0 Å². The first-order valence-electron chi connectivity index (χ1n) is 17.1. The van der Waals surface area contributed by atoms with Gasteiger partial charge in [0.2, 0.25) is 0 Å². The van der Waals surface area contributed by atoms with Crippen molar-refractivity contribution in [3.05, 3.63) is 170 Å². The van der Waals surface area contributed by atoms with Crippen LogP contribution in [0.3, 0.4) is 0 Å². The lowest BCUT2D eigenvalue weighted by Crippen LogP contribution is -1.92. The molecule has 0 unspecified atom stereocenters. The van der Waals surface area contributed by atoms with Crippen LogP contribution in [-0.2, 0) is 0 Å². The van der Waals surface area contributed by atoms with E-state index in [4.69, 9.17) is 4.42 Å². The van der Waals surface area contributed by atoms with Crippen molar-refractivity contribution in [1.82, 2.24) is 0 Å². The van der Waals surface area contributed by atoms with Crippen LogP contribution in [0.5, 0.6) is 0 Å². The molecule has 0 spiro atoms. The first-order valence-corrected chi connectivity index (χ1v) is 17.9. The van der Waals surface area contributed by atoms with Crippen molar-refractivity contribution >= 4 is 85.8 Å². The standard InChI is InChI=1S/C48H28OS/c1-2-14-30(15-3-1)44-34-17-6-8-19-36(34)45(37-20-9-7-18-35(37)44)40-27-31(28-43-47(40)38-21-10-11-24-42(38)50-43)33-22-12-23-39-46-32-16-5-4-13-29(32)25-26-41(46)49-48(33)39/h1-28H. The summed E-state index contributed by atoms with van der Waals surface area (Å²) in [5, 5.41) is 12.4. The molecule has 0 bridgehead atoms. The summed E-state index contributed by atoms with van der Waals surface area (Å²) in [6.45, 7) is 0. The molecule has 11 rings (SSSR count). The molecule has 0 aliphatic carbocycles. The minimum Gasteiger partial charge on any atom is -0.455 e. The van der Waals surface area contributed by atoms with Gasteiger partial charge in [-0.2, -0.15) is 0 Å². The largest absolute Gasteiger partial charge is 0.455 e. The Morgan fingerprint density at radius 2 is 0.980 bits per heavy atom. The number of furan rings is 1. The second-order valence-corrected chi connectivity index (χ2v) is 14.2. The van der Waals surface area contributed by atoms with Gasteiger partial charge in [-0.15, -0.1) is 11.3 Å². The normalized spacial score (nSPS) is 12.0. The SMILES string of the molecule is c1ccc(-c2c3ccccc3c(-c3cc(-c4cccc5c4oc4ccc6ccccc6c45)cc4sc5ccccc5c34)c3ccccc23)cc1. The van der Waals surface area contributed by atoms with E-state index in [0.29, 0.717) is 0 Å². The average molecular weight is 653 g/mol. The minimum absolute atomic E-state index is 0.919. The van der Waals surface area contributed by atoms with Crippen molar-refractivity contribution in [2.45, 2.75) is 0 Å². The lowest BCUT2D eigenvalue weighted by atomic mass is 9.84. The summed E-state index contributed by atoms with van der Waals surface area (Å²) < 4.78 is 9.34. The molecule has 0 saturated carbocycles. The molecule has 0 atom stereocenters. The zero-order chi connectivity index (χ0) is 32.8. The highest BCUT2D eigenvalue weighted by Gasteiger charge is 2.22. The van der Waals surface area contributed by atoms with Gasteiger partial charge in [0.05, 0.1) is 0 Å². The van der Waals surface area contributed by atoms with Crippen LogP contribution in [0, 0.1) is 0 Å². The number of benzene rings is 9. The third-order valence-corrected chi connectivity index (χ3v) is 11.6. The maximum atomic E-state index is 6.77. The first kappa shape index (κ1) is 27.7. The van der Waals surface area contributed by atoms with E-state index in [1.165, 1.54) is 80.1 Å². The van der Waals surface area contributed by atoms with E-state index >= 15 is 0 Å². The molecule has 50 heavy (non-hydrogen) atoms. The molecule has 232 valence electrons. The second kappa shape index (κ2) is 10.6. The van der Waals surface area contributed by atoms with Crippen LogP contribution >= 0.6 is 11.3 Å². The Bertz CT molecular complexity index is 3090. The number of hydrogen-bond donors (Lipinski definition) is 0. The monoisotopic (exact) mass is 652 g/mol. The molecule has 0 fully saturated rings. The zero-order valence-corrected chi connectivity index (χ0v) is 27.8. The fraction of sp³-hybridized carbons (Fsp3) is 0. The highest BCUT2D eigenvalue weighted by atomic mass is 32.1. The van der Waals surface area contributed by atoms with E-state index in [1.54, 1.807) is 0 Å². The maximum absolute atomic E-state index is 6.77. The van der Waals surface area contributed by atoms with Gasteiger partial charge in [0.15, 0.2) is 0 Å². The molecular formula is C48H28OS. The fourth-order valence-corrected chi connectivity index (χ4v) is 9.51. The van der Waals surface area contributed by atoms with Crippen LogP contribution in [0.15, 0.2) is 174 Å². The summed E-state index contributed by atoms with van der Waals surface area (Å²) in [6, 6.07) is 61.9. The zero-order valence-electron chi connectivity index (χ0n) is 27.0. The van der Waals surface area contributed by atoms with Gasteiger partial charge in [0, 0.05) is 36.5 Å². The summed E-state index contributed by atoms with van der Waals surface area (Å²) in [5.74, 6) is 0. The summed E-state index contributed by atoms with van der Waals surface area (Å²) in [6.07, 6.45) is 0. The molecule has 0 amide bonds. The van der Waals surface area contributed by atoms with Gasteiger partial charge >= 0.3 is 0 Å². The molecule has 2 aromatic heterocycles. The van der Waals surface area contributed by atoms with Crippen molar-refractivity contribution in [1.29, 1.82) is 0 Å². The van der Waals surface area contributed by atoms with E-state index in [0.717, 1.165) is 27.7 Å². The Balaban J connectivity index is 1.29. The van der Waals surface area contributed by atoms with Crippen LogP contribution in [0.2, 0.25) is 0 Å². The van der Waals surface area contributed by atoms with E-state index in [9.17, 15) is 0 Å². The van der Waals surface area contributed by atoms with Gasteiger partial charge < -0.3 is 4.42 Å². The van der Waals surface area contributed by atoms with Crippen molar-refractivity contribution < 1.29 is 4.42 Å². The molecule has 0 saturated heterocycles. The van der Waals surface area contributed by atoms with Crippen LogP contribution in [0.4, 0.5) is 0 Å². The van der Waals surface area contributed by atoms with Gasteiger partial charge in [-0.1, -0.05) is 146 Å². The Morgan fingerprint density at radius 1 is 0.360 bits per heavy atom. The first-order chi connectivity index (χ1) is 24.8. The molecule has 1 nitrogen and oxygen atoms in total. The number of para-hydroxylation sites is 1. The smallest absolute Gasteiger partial charge is 0.143 e. The van der Waals surface area contributed by atoms with E-state index in [-0.39, 0.29) is 0 Å². The molecule has 11 aromatic rings. The molecule has 0 radical (unpaired) electrons. The summed E-state index contributed by atoms with van der Waals surface area (Å²) in [7, 11) is 0. The van der Waals surface area contributed by atoms with Crippen molar-refractivity contribution in [2.24, 2.45) is 0 Å². The Morgan fingerprint density at radius 3 is 1.74 bits per heavy atom. The van der Waals surface area contributed by atoms with Crippen molar-refractivity contribution in [2.75, 3.05) is 0 Å². The van der Waals surface area contributed by atoms with E-state index < -0.39 is 0 Å². The predicted molar refractivity (Wildman–Crippen MR) is 215 cm³/mol. The van der Waals surface area contributed by atoms with E-state index in [2.05, 4.69) is 170 Å². The Labute approximate surface area is 292 Å². The number of rotatable bonds is 3. The summed E-state index contributed by atoms with van der Waals surface area (Å²) in [4.78, 5) is 0. The van der Waals surface area contributed by atoms with Gasteiger partial charge in [0.1, 0.15) is 11.2 Å². The van der Waals surface area contributed by atoms with Crippen LogP contribution in [-0.4, -0.2) is 0 Å². The number of thiophene rings is 1. The molecular weight excluding hydrogens is 625 g/mol. The highest BCUT2D eigenvalue weighted by molar-refractivity contribution is 7.26. The van der Waals surface area contributed by atoms with Gasteiger partial charge in [-0.05, 0) is 84.4 Å². The highest BCUT2D eigenvalue weighted by Crippen LogP contribution is 2.50. The Kier molecular flexibility index (Phi) is 5.89. The average Bonchev–Trinajstić information content (AvgIpc) is 3.76. The lowest BCUT2D eigenvalue weighted by molar-refractivity contribution is 0.670. The number of fused-ring (bicyclic) bond motifs is 10. The van der Waals surface area contributed by atoms with E-state index in [1.807, 2.05) is 11.3 Å². The van der Waals surface area contributed by atoms with Crippen LogP contribution < -0.4 is 0 Å². The quantitative estimate of drug-likeness (QED) is 0.173. The van der Waals surface area contributed by atoms with Crippen molar-refractivity contribution in [3.8, 4) is 33.4 Å². The molecule has 0 aliphatic heterocycles. The molecule has 2 heterocycles. The molecule has 2 heteroatoms. The second-order valence-electron chi connectivity index (χ2n) is 13.1. The van der Waals surface area contributed by atoms with Gasteiger partial charge in [0.25, 0.3) is 0 Å². The Hall–Kier alpha value is -6.22. The molecule has 0 aliphatic rings. The van der Waals surface area contributed by atoms with Crippen LogP contribution in [0.25, 0.3) is 108 Å². The fourth-order valence-electron chi connectivity index (χ4n) is 8.34. The molecule has 0 N–H and O–H groups in total. The van der Waals surface area contributed by atoms with Crippen LogP contribution in [0.1, 0.15) is 0 Å². The predicted octanol–water partition coefficient (Wildman–Crippen LogP) is 14.4. The molecule has 9 aromatic carbocycles. The summed E-state index contributed by atoms with van der Waals surface area (Å²) in [5.41, 5.74) is 9.15. The maximum Gasteiger partial charge on any atom is 0.143 e. The lowest BCUT2D eigenvalue weighted by Gasteiger charge is -2.19. The minimum atomic E-state index is 0.919. The third-order valence-electron chi connectivity index (χ3n) is 10.4. The third kappa shape index (κ3) is 3.94. The van der Waals surface area contributed by atoms with Gasteiger partial charge in [-0.25, -0.2) is 0 Å². The summed E-state index contributed by atoms with van der Waals surface area (Å²) >= 11 is 1.87. The number of hydrogen-bond acceptors (Lipinski definition) is 2.